The van der Waals surface area contributed by atoms with Crippen molar-refractivity contribution >= 4 is 11.6 Å². The summed E-state index contributed by atoms with van der Waals surface area (Å²) in [5, 5.41) is 9.58. The number of phenols is 1. The smallest absolute Gasteiger partial charge is 0.223 e. The van der Waals surface area contributed by atoms with Crippen LogP contribution >= 0.6 is 0 Å². The number of fused-ring (bicyclic) bond motifs is 1. The summed E-state index contributed by atoms with van der Waals surface area (Å²) in [4.78, 5) is 5.12. The Morgan fingerprint density at radius 1 is 1.10 bits per heavy atom. The summed E-state index contributed by atoms with van der Waals surface area (Å²) in [6, 6.07) is 9.76. The zero-order valence-electron chi connectivity index (χ0n) is 11.5. The molecule has 0 unspecified atom stereocenters. The maximum atomic E-state index is 9.58. The molecule has 1 N–H and O–H groups in total. The number of allylic oxidation sites excluding steroid dienone is 1. The van der Waals surface area contributed by atoms with E-state index >= 15 is 0 Å². The van der Waals surface area contributed by atoms with Crippen molar-refractivity contribution in [3.8, 4) is 5.75 Å². The van der Waals surface area contributed by atoms with Gasteiger partial charge in [0.15, 0.2) is 0 Å². The van der Waals surface area contributed by atoms with Gasteiger partial charge in [-0.1, -0.05) is 12.1 Å². The Balaban J connectivity index is 1.98. The molecule has 0 fully saturated rings. The molecule has 0 saturated carbocycles. The van der Waals surface area contributed by atoms with Crippen molar-refractivity contribution in [3.05, 3.63) is 59.4 Å². The van der Waals surface area contributed by atoms with Crippen molar-refractivity contribution in [2.75, 3.05) is 7.11 Å². The maximum absolute atomic E-state index is 9.58. The minimum Gasteiger partial charge on any atom is -0.508 e. The van der Waals surface area contributed by atoms with Gasteiger partial charge in [0.2, 0.25) is 12.4 Å². The van der Waals surface area contributed by atoms with E-state index in [1.165, 1.54) is 22.3 Å². The molecule has 2 aromatic rings. The standard InChI is InChI=1S/C17H17NO2/c1-20-18-9-7-13(8-10-18)14-3-2-4-15-12-17(19)6-5-16(15)11-14/h5-12H,2-4H2,1H3/p+1. The molecule has 1 heterocycles. The topological polar surface area (TPSA) is 33.3 Å². The van der Waals surface area contributed by atoms with Gasteiger partial charge in [-0.3, -0.25) is 4.84 Å². The maximum Gasteiger partial charge on any atom is 0.223 e. The lowest BCUT2D eigenvalue weighted by Gasteiger charge is -2.04. The van der Waals surface area contributed by atoms with Crippen molar-refractivity contribution in [3.63, 3.8) is 0 Å². The fraction of sp³-hybridized carbons (Fsp3) is 0.235. The molecule has 20 heavy (non-hydrogen) atoms. The van der Waals surface area contributed by atoms with Crippen LogP contribution < -0.4 is 9.57 Å². The molecule has 1 aromatic heterocycles. The van der Waals surface area contributed by atoms with Gasteiger partial charge in [0.25, 0.3) is 0 Å². The average molecular weight is 268 g/mol. The number of phenolic OH excluding ortho intramolecular Hbond substituents is 1. The second kappa shape index (κ2) is 5.37. The largest absolute Gasteiger partial charge is 0.508 e. The van der Waals surface area contributed by atoms with Crippen LogP contribution in [0.2, 0.25) is 0 Å². The number of hydrogen-bond donors (Lipinski definition) is 1. The van der Waals surface area contributed by atoms with Crippen LogP contribution in [0.3, 0.4) is 0 Å². The molecule has 0 radical (unpaired) electrons. The van der Waals surface area contributed by atoms with E-state index in [0.29, 0.717) is 5.75 Å². The summed E-state index contributed by atoms with van der Waals surface area (Å²) in [6.45, 7) is 0. The summed E-state index contributed by atoms with van der Waals surface area (Å²) < 4.78 is 1.67. The number of aryl methyl sites for hydroxylation is 1. The predicted molar refractivity (Wildman–Crippen MR) is 78.1 cm³/mol. The SMILES string of the molecule is CO[n+]1ccc(C2=Cc3ccc(O)cc3CCC2)cc1. The van der Waals surface area contributed by atoms with Crippen LogP contribution in [-0.4, -0.2) is 12.2 Å². The van der Waals surface area contributed by atoms with Crippen LogP contribution in [-0.2, 0) is 6.42 Å². The molecule has 1 aliphatic carbocycles. The first-order valence-corrected chi connectivity index (χ1v) is 6.85. The number of rotatable bonds is 2. The lowest BCUT2D eigenvalue weighted by atomic mass is 10.0. The molecule has 3 nitrogen and oxygen atoms in total. The quantitative estimate of drug-likeness (QED) is 0.849. The summed E-state index contributed by atoms with van der Waals surface area (Å²) in [5.41, 5.74) is 4.98. The predicted octanol–water partition coefficient (Wildman–Crippen LogP) is 2.62. The molecular weight excluding hydrogens is 250 g/mol. The number of benzene rings is 1. The summed E-state index contributed by atoms with van der Waals surface area (Å²) in [7, 11) is 1.65. The second-order valence-electron chi connectivity index (χ2n) is 5.04. The van der Waals surface area contributed by atoms with E-state index < -0.39 is 0 Å². The molecular formula is C17H18NO2+. The van der Waals surface area contributed by atoms with E-state index in [0.717, 1.165) is 19.3 Å². The van der Waals surface area contributed by atoms with E-state index in [9.17, 15) is 5.11 Å². The Bertz CT molecular complexity index is 645. The first-order chi connectivity index (χ1) is 9.76. The third-order valence-electron chi connectivity index (χ3n) is 3.73. The van der Waals surface area contributed by atoms with Crippen LogP contribution in [0.25, 0.3) is 11.6 Å². The van der Waals surface area contributed by atoms with Gasteiger partial charge < -0.3 is 5.11 Å². The third-order valence-corrected chi connectivity index (χ3v) is 3.73. The van der Waals surface area contributed by atoms with Gasteiger partial charge in [0.1, 0.15) is 12.9 Å². The molecule has 3 rings (SSSR count). The third kappa shape index (κ3) is 2.52. The molecule has 0 amide bonds. The van der Waals surface area contributed by atoms with Crippen LogP contribution in [0, 0.1) is 0 Å². The van der Waals surface area contributed by atoms with Gasteiger partial charge in [-0.25, -0.2) is 0 Å². The van der Waals surface area contributed by atoms with Gasteiger partial charge in [-0.2, -0.15) is 0 Å². The van der Waals surface area contributed by atoms with E-state index in [1.54, 1.807) is 17.9 Å². The van der Waals surface area contributed by atoms with Gasteiger partial charge >= 0.3 is 0 Å². The molecule has 0 aliphatic heterocycles. The molecule has 3 heteroatoms. The van der Waals surface area contributed by atoms with E-state index in [-0.39, 0.29) is 0 Å². The highest BCUT2D eigenvalue weighted by Crippen LogP contribution is 2.30. The molecule has 0 saturated heterocycles. The Labute approximate surface area is 118 Å². The van der Waals surface area contributed by atoms with Crippen molar-refractivity contribution in [1.82, 2.24) is 0 Å². The van der Waals surface area contributed by atoms with Crippen molar-refractivity contribution < 1.29 is 14.7 Å². The van der Waals surface area contributed by atoms with E-state index in [1.807, 2.05) is 24.5 Å². The molecule has 102 valence electrons. The molecule has 1 aromatic carbocycles. The Kier molecular flexibility index (Phi) is 3.42. The van der Waals surface area contributed by atoms with Gasteiger partial charge in [0.05, 0.1) is 0 Å². The highest BCUT2D eigenvalue weighted by Gasteiger charge is 2.12. The molecule has 0 atom stereocenters. The molecule has 0 bridgehead atoms. The first-order valence-electron chi connectivity index (χ1n) is 6.85. The van der Waals surface area contributed by atoms with Crippen molar-refractivity contribution in [2.24, 2.45) is 0 Å². The van der Waals surface area contributed by atoms with Gasteiger partial charge in [-0.15, -0.1) is 0 Å². The number of hydrogen-bond acceptors (Lipinski definition) is 2. The van der Waals surface area contributed by atoms with Crippen LogP contribution in [0.4, 0.5) is 0 Å². The van der Waals surface area contributed by atoms with E-state index in [2.05, 4.69) is 18.2 Å². The van der Waals surface area contributed by atoms with E-state index in [4.69, 9.17) is 4.84 Å². The lowest BCUT2D eigenvalue weighted by Crippen LogP contribution is -2.39. The molecule has 0 spiro atoms. The van der Waals surface area contributed by atoms with Crippen molar-refractivity contribution in [2.45, 2.75) is 19.3 Å². The van der Waals surface area contributed by atoms with Crippen LogP contribution in [0.15, 0.2) is 42.7 Å². The Morgan fingerprint density at radius 2 is 1.90 bits per heavy atom. The first kappa shape index (κ1) is 12.7. The highest BCUT2D eigenvalue weighted by molar-refractivity contribution is 5.83. The Hall–Kier alpha value is -2.29. The number of aromatic nitrogens is 1. The normalized spacial score (nSPS) is 14.2. The summed E-state index contributed by atoms with van der Waals surface area (Å²) >= 11 is 0. The Morgan fingerprint density at radius 3 is 2.65 bits per heavy atom. The second-order valence-corrected chi connectivity index (χ2v) is 5.04. The fourth-order valence-electron chi connectivity index (χ4n) is 2.65. The zero-order chi connectivity index (χ0) is 13.9. The average Bonchev–Trinajstić information content (AvgIpc) is 2.69. The minimum atomic E-state index is 0.349. The fourth-order valence-corrected chi connectivity index (χ4v) is 2.65. The number of pyridine rings is 1. The van der Waals surface area contributed by atoms with Gasteiger partial charge in [-0.05, 0) is 53.7 Å². The zero-order valence-corrected chi connectivity index (χ0v) is 11.5. The highest BCUT2D eigenvalue weighted by atomic mass is 16.6. The van der Waals surface area contributed by atoms with Crippen LogP contribution in [0.5, 0.6) is 5.75 Å². The minimum absolute atomic E-state index is 0.349. The van der Waals surface area contributed by atoms with Gasteiger partial charge in [0, 0.05) is 16.9 Å². The molecule has 1 aliphatic rings. The lowest BCUT2D eigenvalue weighted by molar-refractivity contribution is -0.885. The summed E-state index contributed by atoms with van der Waals surface area (Å²) in [6.07, 6.45) is 9.22. The summed E-state index contributed by atoms with van der Waals surface area (Å²) in [5.74, 6) is 0.349. The van der Waals surface area contributed by atoms with Crippen LogP contribution in [0.1, 0.15) is 29.5 Å². The number of nitrogens with zero attached hydrogens (tertiary/aromatic N) is 1. The monoisotopic (exact) mass is 268 g/mol. The van der Waals surface area contributed by atoms with Crippen molar-refractivity contribution in [1.29, 1.82) is 0 Å². The number of aromatic hydroxyl groups is 1.